The smallest absolute Gasteiger partial charge is 0.159 e. The van der Waals surface area contributed by atoms with Crippen molar-refractivity contribution in [1.29, 1.82) is 0 Å². The summed E-state index contributed by atoms with van der Waals surface area (Å²) in [5.74, 6) is 0. The minimum Gasteiger partial charge on any atom is -0.454 e. The lowest BCUT2D eigenvalue weighted by Crippen LogP contribution is -1.95. The molecule has 5 heterocycles. The molecule has 0 spiro atoms. The first-order chi connectivity index (χ1) is 42.2. The van der Waals surface area contributed by atoms with Gasteiger partial charge in [0, 0.05) is 59.5 Å². The van der Waals surface area contributed by atoms with E-state index >= 15 is 0 Å². The number of fused-ring (bicyclic) bond motifs is 21. The van der Waals surface area contributed by atoms with Crippen LogP contribution in [0.4, 0.5) is 0 Å². The fourth-order valence-electron chi connectivity index (χ4n) is 14.3. The minimum absolute atomic E-state index is 0.880. The van der Waals surface area contributed by atoms with Gasteiger partial charge in [0.25, 0.3) is 0 Å². The number of aromatic nitrogens is 3. The third kappa shape index (κ3) is 6.81. The third-order valence-corrected chi connectivity index (χ3v) is 18.0. The van der Waals surface area contributed by atoms with Gasteiger partial charge in [-0.2, -0.15) is 0 Å². The van der Waals surface area contributed by atoms with Crippen molar-refractivity contribution in [2.24, 2.45) is 0 Å². The van der Waals surface area contributed by atoms with E-state index in [9.17, 15) is 0 Å². The Balaban J connectivity index is 0.00000271. The molecule has 19 rings (SSSR count). The molecule has 0 amide bonds. The average molecular weight is 1090 g/mol. The van der Waals surface area contributed by atoms with E-state index in [-0.39, 0.29) is 0 Å². The Hall–Kier alpha value is -11.1. The summed E-state index contributed by atoms with van der Waals surface area (Å²) in [6.07, 6.45) is 0. The molecule has 0 bridgehead atoms. The zero-order valence-electron chi connectivity index (χ0n) is 46.6. The molecule has 398 valence electrons. The Morgan fingerprint density at radius 2 is 0.553 bits per heavy atom. The first-order valence-corrected chi connectivity index (χ1v) is 29.5. The Kier molecular flexibility index (Phi) is 10.2. The monoisotopic (exact) mass is 1090 g/mol. The van der Waals surface area contributed by atoms with Gasteiger partial charge in [-0.25, -0.2) is 0 Å². The van der Waals surface area contributed by atoms with Gasteiger partial charge in [-0.05, 0) is 140 Å². The van der Waals surface area contributed by atoms with Crippen LogP contribution in [0.25, 0.3) is 181 Å². The summed E-state index contributed by atoms with van der Waals surface area (Å²) in [5.41, 5.74) is 18.1. The van der Waals surface area contributed by atoms with E-state index in [1.807, 2.05) is 26.0 Å². The van der Waals surface area contributed by atoms with Crippen molar-refractivity contribution in [2.75, 3.05) is 0 Å². The molecule has 0 saturated carbocycles. The summed E-state index contributed by atoms with van der Waals surface area (Å²) in [4.78, 5) is 0. The van der Waals surface area contributed by atoms with Crippen LogP contribution in [-0.2, 0) is 0 Å². The van der Waals surface area contributed by atoms with Crippen LogP contribution >= 0.6 is 0 Å². The summed E-state index contributed by atoms with van der Waals surface area (Å²) in [6.45, 7) is 4.00. The Labute approximate surface area is 487 Å². The highest BCUT2D eigenvalue weighted by Gasteiger charge is 2.23. The predicted octanol–water partition coefficient (Wildman–Crippen LogP) is 22.6. The SMILES string of the molecule is CC.c1ccc2c(c1)oc1c(-n3c4ccccc4c4ccc(-c5ccc6c(c5)c5cc(-c7ccc8c9ccccc9n(-c9cccc%10c9oc9ccccc9%10)c8c7)ccc5n6-c5ccc6c7ccccc7c7ccccc7c6c5)cc43)cccc12. The van der Waals surface area contributed by atoms with Gasteiger partial charge >= 0.3 is 0 Å². The molecule has 85 heavy (non-hydrogen) atoms. The van der Waals surface area contributed by atoms with Crippen LogP contribution in [0.1, 0.15) is 13.8 Å². The van der Waals surface area contributed by atoms with Gasteiger partial charge in [-0.1, -0.05) is 202 Å². The van der Waals surface area contributed by atoms with E-state index < -0.39 is 0 Å². The van der Waals surface area contributed by atoms with Crippen LogP contribution in [0.5, 0.6) is 0 Å². The van der Waals surface area contributed by atoms with Crippen LogP contribution in [0.2, 0.25) is 0 Å². The molecule has 0 radical (unpaired) electrons. The fraction of sp³-hybridized carbons (Fsp3) is 0.0250. The highest BCUT2D eigenvalue weighted by molar-refractivity contribution is 6.26. The van der Waals surface area contributed by atoms with Gasteiger partial charge in [-0.3, -0.25) is 0 Å². The predicted molar refractivity (Wildman–Crippen MR) is 359 cm³/mol. The van der Waals surface area contributed by atoms with E-state index in [0.29, 0.717) is 0 Å². The van der Waals surface area contributed by atoms with Crippen LogP contribution in [0.15, 0.2) is 282 Å². The van der Waals surface area contributed by atoms with E-state index in [4.69, 9.17) is 8.83 Å². The molecule has 0 N–H and O–H groups in total. The number of para-hydroxylation sites is 6. The first-order valence-electron chi connectivity index (χ1n) is 29.5. The number of nitrogens with zero attached hydrogens (tertiary/aromatic N) is 3. The van der Waals surface area contributed by atoms with Crippen molar-refractivity contribution in [3.05, 3.63) is 273 Å². The number of hydrogen-bond acceptors (Lipinski definition) is 2. The summed E-state index contributed by atoms with van der Waals surface area (Å²) < 4.78 is 20.7. The van der Waals surface area contributed by atoms with Crippen LogP contribution in [0.3, 0.4) is 0 Å². The molecule has 0 saturated heterocycles. The zero-order chi connectivity index (χ0) is 56.0. The quantitative estimate of drug-likeness (QED) is 0.161. The lowest BCUT2D eigenvalue weighted by Gasteiger charge is -2.14. The highest BCUT2D eigenvalue weighted by atomic mass is 16.3. The fourth-order valence-corrected chi connectivity index (χ4v) is 14.3. The van der Waals surface area contributed by atoms with E-state index in [1.54, 1.807) is 0 Å². The lowest BCUT2D eigenvalue weighted by atomic mass is 9.94. The van der Waals surface area contributed by atoms with Gasteiger partial charge in [0.2, 0.25) is 0 Å². The molecular weight excluding hydrogens is 1030 g/mol. The Morgan fingerprint density at radius 1 is 0.212 bits per heavy atom. The van der Waals surface area contributed by atoms with E-state index in [2.05, 4.69) is 275 Å². The molecule has 0 fully saturated rings. The van der Waals surface area contributed by atoms with Crippen LogP contribution in [-0.4, -0.2) is 13.7 Å². The minimum atomic E-state index is 0.880. The second-order valence-corrected chi connectivity index (χ2v) is 22.3. The van der Waals surface area contributed by atoms with E-state index in [1.165, 1.54) is 64.6 Å². The van der Waals surface area contributed by atoms with Crippen LogP contribution < -0.4 is 0 Å². The highest BCUT2D eigenvalue weighted by Crippen LogP contribution is 2.45. The summed E-state index contributed by atoms with van der Waals surface area (Å²) >= 11 is 0. The number of rotatable bonds is 5. The summed E-state index contributed by atoms with van der Waals surface area (Å²) in [6, 6.07) is 100. The third-order valence-electron chi connectivity index (χ3n) is 18.0. The zero-order valence-corrected chi connectivity index (χ0v) is 46.6. The molecule has 5 heteroatoms. The second-order valence-electron chi connectivity index (χ2n) is 22.3. The van der Waals surface area contributed by atoms with E-state index in [0.717, 1.165) is 116 Å². The molecule has 5 aromatic heterocycles. The van der Waals surface area contributed by atoms with Crippen LogP contribution in [0, 0.1) is 0 Å². The Bertz CT molecular complexity index is 5690. The maximum absolute atomic E-state index is 6.71. The van der Waals surface area contributed by atoms with Gasteiger partial charge in [-0.15, -0.1) is 0 Å². The molecule has 14 aromatic carbocycles. The molecule has 0 atom stereocenters. The lowest BCUT2D eigenvalue weighted by molar-refractivity contribution is 0.666. The van der Waals surface area contributed by atoms with Crippen molar-refractivity contribution >= 4 is 142 Å². The Morgan fingerprint density at radius 3 is 1.04 bits per heavy atom. The summed E-state index contributed by atoms with van der Waals surface area (Å²) in [7, 11) is 0. The number of hydrogen-bond donors (Lipinski definition) is 0. The van der Waals surface area contributed by atoms with Gasteiger partial charge < -0.3 is 22.5 Å². The molecule has 19 aromatic rings. The first kappa shape index (κ1) is 47.5. The number of furan rings is 2. The number of benzene rings is 14. The van der Waals surface area contributed by atoms with Crippen molar-refractivity contribution in [3.8, 4) is 39.3 Å². The van der Waals surface area contributed by atoms with Gasteiger partial charge in [0.1, 0.15) is 11.2 Å². The molecule has 5 nitrogen and oxygen atoms in total. The molecular formula is C80H51N3O2. The average Bonchev–Trinajstić information content (AvgIpc) is 2.15. The van der Waals surface area contributed by atoms with Crippen molar-refractivity contribution < 1.29 is 8.83 Å². The van der Waals surface area contributed by atoms with Crippen molar-refractivity contribution in [2.45, 2.75) is 13.8 Å². The normalized spacial score (nSPS) is 12.1. The second kappa shape index (κ2) is 18.2. The maximum atomic E-state index is 6.71. The van der Waals surface area contributed by atoms with Crippen molar-refractivity contribution in [1.82, 2.24) is 13.7 Å². The molecule has 0 aliphatic heterocycles. The standard InChI is InChI=1S/C78H45N3O2.C2H6/c1-2-17-53-51(15-1)52-16-3-4-18-54(52)64-45-50(35-38-55(53)64)79-69-39-33-46(48-31-36-58-56-19-5-9-25-67(56)80(73(58)43-48)71-27-13-23-62-60-21-7-11-29-75(60)82-77(62)71)41-65(69)66-42-47(34-40-70(66)79)49-32-37-59-57-20-6-10-26-68(57)81(74(59)44-49)72-28-14-24-63-61-22-8-12-30-76(61)83-78(63)72;1-2/h1-45H;1-2H3. The topological polar surface area (TPSA) is 41.1 Å². The van der Waals surface area contributed by atoms with Gasteiger partial charge in [0.15, 0.2) is 11.2 Å². The largest absolute Gasteiger partial charge is 0.454 e. The molecule has 0 aliphatic rings. The summed E-state index contributed by atoms with van der Waals surface area (Å²) in [5, 5.41) is 19.2. The maximum Gasteiger partial charge on any atom is 0.159 e. The molecule has 0 aliphatic carbocycles. The van der Waals surface area contributed by atoms with Crippen molar-refractivity contribution in [3.63, 3.8) is 0 Å². The molecule has 0 unspecified atom stereocenters. The van der Waals surface area contributed by atoms with Gasteiger partial charge in [0.05, 0.1) is 44.5 Å².